The van der Waals surface area contributed by atoms with Gasteiger partial charge in [-0.15, -0.1) is 0 Å². The van der Waals surface area contributed by atoms with Crippen LogP contribution in [0.3, 0.4) is 0 Å². The number of rotatable bonds is 8. The predicted octanol–water partition coefficient (Wildman–Crippen LogP) is 0.420. The van der Waals surface area contributed by atoms with Crippen molar-refractivity contribution in [2.24, 2.45) is 0 Å². The van der Waals surface area contributed by atoms with Crippen LogP contribution in [0.25, 0.3) is 0 Å². The Morgan fingerprint density at radius 2 is 1.95 bits per heavy atom. The van der Waals surface area contributed by atoms with Crippen LogP contribution in [-0.4, -0.2) is 63.9 Å². The Balaban J connectivity index is 2.49. The van der Waals surface area contributed by atoms with Gasteiger partial charge < -0.3 is 15.3 Å². The molecular weight excluding hydrogens is 290 g/mol. The van der Waals surface area contributed by atoms with Gasteiger partial charge in [-0.3, -0.25) is 19.3 Å². The van der Waals surface area contributed by atoms with Crippen LogP contribution < -0.4 is 5.32 Å². The molecule has 0 aliphatic carbocycles. The van der Waals surface area contributed by atoms with Crippen LogP contribution in [0.5, 0.6) is 0 Å². The first-order valence-electron chi connectivity index (χ1n) is 7.32. The largest absolute Gasteiger partial charge is 0.480 e. The summed E-state index contributed by atoms with van der Waals surface area (Å²) in [7, 11) is 0. The van der Waals surface area contributed by atoms with Gasteiger partial charge in [0, 0.05) is 19.5 Å². The summed E-state index contributed by atoms with van der Waals surface area (Å²) < 4.78 is 0. The normalized spacial score (nSPS) is 16.6. The number of hydrogen-bond acceptors (Lipinski definition) is 4. The first-order valence-corrected chi connectivity index (χ1v) is 7.32. The number of carbonyl (C=O) groups is 4. The van der Waals surface area contributed by atoms with E-state index in [1.54, 1.807) is 13.8 Å². The van der Waals surface area contributed by atoms with Gasteiger partial charge in [0.25, 0.3) is 5.91 Å². The third-order valence-corrected chi connectivity index (χ3v) is 3.39. The van der Waals surface area contributed by atoms with E-state index in [0.29, 0.717) is 19.4 Å². The molecule has 0 radical (unpaired) electrons. The summed E-state index contributed by atoms with van der Waals surface area (Å²) in [4.78, 5) is 48.7. The molecule has 8 heteroatoms. The minimum atomic E-state index is -1.06. The van der Waals surface area contributed by atoms with Crippen molar-refractivity contribution in [3.05, 3.63) is 0 Å². The molecule has 22 heavy (non-hydrogen) atoms. The van der Waals surface area contributed by atoms with Crippen LogP contribution in [0, 0.1) is 0 Å². The van der Waals surface area contributed by atoms with Crippen molar-refractivity contribution < 1.29 is 24.3 Å². The van der Waals surface area contributed by atoms with Crippen molar-refractivity contribution in [3.8, 4) is 0 Å². The van der Waals surface area contributed by atoms with E-state index in [0.717, 1.165) is 4.90 Å². The van der Waals surface area contributed by atoms with Gasteiger partial charge in [-0.2, -0.15) is 0 Å². The highest BCUT2D eigenvalue weighted by Gasteiger charge is 2.43. The Morgan fingerprint density at radius 3 is 2.41 bits per heavy atom. The van der Waals surface area contributed by atoms with Crippen molar-refractivity contribution in [2.75, 3.05) is 19.6 Å². The number of carboxylic acid groups (broad SMARTS) is 1. The van der Waals surface area contributed by atoms with Crippen molar-refractivity contribution in [1.29, 1.82) is 0 Å². The molecule has 0 spiro atoms. The lowest BCUT2D eigenvalue weighted by atomic mass is 10.1. The lowest BCUT2D eigenvalue weighted by molar-refractivity contribution is -0.144. The number of urea groups is 1. The maximum atomic E-state index is 12.0. The van der Waals surface area contributed by atoms with Gasteiger partial charge in [0.15, 0.2) is 0 Å². The van der Waals surface area contributed by atoms with E-state index in [2.05, 4.69) is 5.32 Å². The van der Waals surface area contributed by atoms with Crippen molar-refractivity contribution >= 4 is 23.8 Å². The number of aliphatic carboxylic acids is 1. The maximum absolute atomic E-state index is 12.0. The van der Waals surface area contributed by atoms with Gasteiger partial charge in [0.05, 0.1) is 0 Å². The van der Waals surface area contributed by atoms with Gasteiger partial charge in [0.1, 0.15) is 12.1 Å². The number of imide groups is 1. The molecular formula is C14H23N3O5. The summed E-state index contributed by atoms with van der Waals surface area (Å²) in [5.74, 6) is -1.66. The van der Waals surface area contributed by atoms with E-state index in [1.807, 2.05) is 6.92 Å². The standard InChI is InChI=1S/C14H23N3O5/c1-4-7-16(9-11(19)20)10(18)6-5-8-17-12(21)14(2,3)15-13(17)22/h4-9H2,1-3H3,(H,15,22)(H,19,20). The monoisotopic (exact) mass is 313 g/mol. The third kappa shape index (κ3) is 4.44. The molecule has 1 fully saturated rings. The Hall–Kier alpha value is -2.12. The van der Waals surface area contributed by atoms with E-state index in [1.165, 1.54) is 4.90 Å². The van der Waals surface area contributed by atoms with E-state index >= 15 is 0 Å². The van der Waals surface area contributed by atoms with Crippen LogP contribution >= 0.6 is 0 Å². The number of nitrogens with one attached hydrogen (secondary N) is 1. The second kappa shape index (κ2) is 7.24. The molecule has 0 saturated carbocycles. The Labute approximate surface area is 129 Å². The number of amides is 4. The van der Waals surface area contributed by atoms with Gasteiger partial charge in [-0.1, -0.05) is 6.92 Å². The summed E-state index contributed by atoms with van der Waals surface area (Å²) in [5, 5.41) is 11.3. The molecule has 1 aliphatic heterocycles. The molecule has 0 unspecified atom stereocenters. The fraction of sp³-hybridized carbons (Fsp3) is 0.714. The number of nitrogens with zero attached hydrogens (tertiary/aromatic N) is 2. The molecule has 1 heterocycles. The fourth-order valence-corrected chi connectivity index (χ4v) is 2.29. The summed E-state index contributed by atoms with van der Waals surface area (Å²) in [6.45, 7) is 5.29. The molecule has 0 atom stereocenters. The topological polar surface area (TPSA) is 107 Å². The van der Waals surface area contributed by atoms with E-state index in [-0.39, 0.29) is 31.3 Å². The molecule has 0 aromatic carbocycles. The SMILES string of the molecule is CCCN(CC(=O)O)C(=O)CCCN1C(=O)NC(C)(C)C1=O. The summed E-state index contributed by atoms with van der Waals surface area (Å²) in [5.41, 5.74) is -0.918. The number of carboxylic acids is 1. The van der Waals surface area contributed by atoms with E-state index in [4.69, 9.17) is 5.11 Å². The molecule has 4 amide bonds. The molecule has 0 bridgehead atoms. The lowest BCUT2D eigenvalue weighted by Gasteiger charge is -2.20. The zero-order valence-corrected chi connectivity index (χ0v) is 13.2. The predicted molar refractivity (Wildman–Crippen MR) is 78.1 cm³/mol. The molecule has 1 saturated heterocycles. The highest BCUT2D eigenvalue weighted by molar-refractivity contribution is 6.06. The number of hydrogen-bond donors (Lipinski definition) is 2. The van der Waals surface area contributed by atoms with Gasteiger partial charge in [-0.25, -0.2) is 4.79 Å². The van der Waals surface area contributed by atoms with E-state index in [9.17, 15) is 19.2 Å². The van der Waals surface area contributed by atoms with Crippen molar-refractivity contribution in [1.82, 2.24) is 15.1 Å². The minimum Gasteiger partial charge on any atom is -0.480 e. The molecule has 1 aliphatic rings. The third-order valence-electron chi connectivity index (χ3n) is 3.39. The zero-order valence-electron chi connectivity index (χ0n) is 13.2. The summed E-state index contributed by atoms with van der Waals surface area (Å²) in [6.07, 6.45) is 1.08. The summed E-state index contributed by atoms with van der Waals surface area (Å²) in [6, 6.07) is -0.460. The second-order valence-electron chi connectivity index (χ2n) is 5.82. The molecule has 0 aromatic heterocycles. The van der Waals surface area contributed by atoms with Gasteiger partial charge in [0.2, 0.25) is 5.91 Å². The highest BCUT2D eigenvalue weighted by Crippen LogP contribution is 2.17. The van der Waals surface area contributed by atoms with Crippen LogP contribution in [0.1, 0.15) is 40.0 Å². The number of carbonyl (C=O) groups excluding carboxylic acids is 3. The van der Waals surface area contributed by atoms with Gasteiger partial charge >= 0.3 is 12.0 Å². The molecule has 124 valence electrons. The zero-order chi connectivity index (χ0) is 16.9. The first kappa shape index (κ1) is 17.9. The first-order chi connectivity index (χ1) is 10.2. The Kier molecular flexibility index (Phi) is 5.90. The maximum Gasteiger partial charge on any atom is 0.325 e. The molecule has 1 rings (SSSR count). The average molecular weight is 313 g/mol. The van der Waals surface area contributed by atoms with Gasteiger partial charge in [-0.05, 0) is 26.7 Å². The smallest absolute Gasteiger partial charge is 0.325 e. The molecule has 8 nitrogen and oxygen atoms in total. The van der Waals surface area contributed by atoms with Crippen molar-refractivity contribution in [2.45, 2.75) is 45.6 Å². The summed E-state index contributed by atoms with van der Waals surface area (Å²) >= 11 is 0. The lowest BCUT2D eigenvalue weighted by Crippen LogP contribution is -2.40. The van der Waals surface area contributed by atoms with Crippen molar-refractivity contribution in [3.63, 3.8) is 0 Å². The Morgan fingerprint density at radius 1 is 1.32 bits per heavy atom. The van der Waals surface area contributed by atoms with E-state index < -0.39 is 17.5 Å². The van der Waals surface area contributed by atoms with Crippen LogP contribution in [-0.2, 0) is 14.4 Å². The van der Waals surface area contributed by atoms with Crippen LogP contribution in [0.2, 0.25) is 0 Å². The molecule has 0 aromatic rings. The average Bonchev–Trinajstić information content (AvgIpc) is 2.59. The quantitative estimate of drug-likeness (QED) is 0.632. The Bertz CT molecular complexity index is 475. The highest BCUT2D eigenvalue weighted by atomic mass is 16.4. The fourth-order valence-electron chi connectivity index (χ4n) is 2.29. The van der Waals surface area contributed by atoms with Crippen LogP contribution in [0.15, 0.2) is 0 Å². The second-order valence-corrected chi connectivity index (χ2v) is 5.82. The minimum absolute atomic E-state index is 0.102. The molecule has 2 N–H and O–H groups in total. The van der Waals surface area contributed by atoms with Crippen LogP contribution in [0.4, 0.5) is 4.79 Å².